The minimum Gasteiger partial charge on any atom is -0.478 e. The zero-order chi connectivity index (χ0) is 15.2. The lowest BCUT2D eigenvalue weighted by Gasteiger charge is -2.16. The van der Waals surface area contributed by atoms with Gasteiger partial charge in [0.2, 0.25) is 0 Å². The number of hydrogen-bond donors (Lipinski definition) is 2. The van der Waals surface area contributed by atoms with E-state index in [1.807, 2.05) is 14.0 Å². The number of anilines is 1. The molecule has 21 heavy (non-hydrogen) atoms. The number of aryl methyl sites for hydroxylation is 2. The monoisotopic (exact) mass is 288 g/mol. The van der Waals surface area contributed by atoms with Crippen LogP contribution in [0.5, 0.6) is 0 Å². The summed E-state index contributed by atoms with van der Waals surface area (Å²) in [5, 5.41) is 18.0. The number of nitrogens with one attached hydrogen (secondary N) is 1. The number of carboxylic acid groups (broad SMARTS) is 1. The molecule has 2 aromatic rings. The number of fused-ring (bicyclic) bond motifs is 1. The zero-order valence-corrected chi connectivity index (χ0v) is 12.6. The summed E-state index contributed by atoms with van der Waals surface area (Å²) in [6, 6.07) is 0. The van der Waals surface area contributed by atoms with Crippen LogP contribution in [0.15, 0.2) is 6.20 Å². The van der Waals surface area contributed by atoms with Crippen LogP contribution in [-0.2, 0) is 7.05 Å². The lowest BCUT2D eigenvalue weighted by molar-refractivity contribution is 0.0697. The highest BCUT2D eigenvalue weighted by atomic mass is 16.4. The van der Waals surface area contributed by atoms with Crippen molar-refractivity contribution in [3.8, 4) is 0 Å². The molecule has 3 rings (SSSR count). The van der Waals surface area contributed by atoms with Crippen LogP contribution in [-0.4, -0.2) is 32.4 Å². The summed E-state index contributed by atoms with van der Waals surface area (Å²) in [4.78, 5) is 15.7. The van der Waals surface area contributed by atoms with Crippen molar-refractivity contribution in [2.24, 2.45) is 12.5 Å². The molecule has 1 aliphatic rings. The molecule has 1 saturated carbocycles. The van der Waals surface area contributed by atoms with Crippen molar-refractivity contribution in [3.63, 3.8) is 0 Å². The highest BCUT2D eigenvalue weighted by Crippen LogP contribution is 2.48. The van der Waals surface area contributed by atoms with Gasteiger partial charge < -0.3 is 10.4 Å². The van der Waals surface area contributed by atoms with E-state index < -0.39 is 5.97 Å². The first-order valence-electron chi connectivity index (χ1n) is 7.27. The Morgan fingerprint density at radius 1 is 1.52 bits per heavy atom. The van der Waals surface area contributed by atoms with E-state index in [9.17, 15) is 9.90 Å². The van der Waals surface area contributed by atoms with E-state index in [-0.39, 0.29) is 5.56 Å². The number of carboxylic acids is 1. The maximum atomic E-state index is 11.5. The molecule has 0 atom stereocenters. The first kappa shape index (κ1) is 13.9. The van der Waals surface area contributed by atoms with E-state index in [0.717, 1.165) is 24.0 Å². The smallest absolute Gasteiger partial charge is 0.339 e. The van der Waals surface area contributed by atoms with Gasteiger partial charge in [0.1, 0.15) is 5.56 Å². The molecule has 0 amide bonds. The Hall–Kier alpha value is -2.11. The Morgan fingerprint density at radius 2 is 2.24 bits per heavy atom. The van der Waals surface area contributed by atoms with Crippen LogP contribution in [0.4, 0.5) is 5.69 Å². The molecule has 6 nitrogen and oxygen atoms in total. The molecule has 0 aliphatic heterocycles. The number of rotatable bonds is 5. The molecule has 112 valence electrons. The Kier molecular flexibility index (Phi) is 3.11. The van der Waals surface area contributed by atoms with E-state index in [4.69, 9.17) is 0 Å². The van der Waals surface area contributed by atoms with Crippen molar-refractivity contribution in [1.82, 2.24) is 14.8 Å². The van der Waals surface area contributed by atoms with Crippen LogP contribution in [0.2, 0.25) is 0 Å². The van der Waals surface area contributed by atoms with Crippen molar-refractivity contribution < 1.29 is 9.90 Å². The fraction of sp³-hybridized carbons (Fsp3) is 0.533. The lowest BCUT2D eigenvalue weighted by atomic mass is 10.0. The number of aromatic carboxylic acids is 1. The highest BCUT2D eigenvalue weighted by Gasteiger charge is 2.40. The van der Waals surface area contributed by atoms with Gasteiger partial charge in [-0.3, -0.25) is 4.68 Å². The summed E-state index contributed by atoms with van der Waals surface area (Å²) in [6.45, 7) is 4.87. The number of nitrogens with zero attached hydrogens (tertiary/aromatic N) is 3. The van der Waals surface area contributed by atoms with Crippen LogP contribution in [0.3, 0.4) is 0 Å². The molecule has 0 unspecified atom stereocenters. The van der Waals surface area contributed by atoms with Gasteiger partial charge >= 0.3 is 5.97 Å². The summed E-state index contributed by atoms with van der Waals surface area (Å²) in [5.74, 6) is -0.962. The van der Waals surface area contributed by atoms with Crippen molar-refractivity contribution in [2.75, 3.05) is 11.9 Å². The third-order valence-corrected chi connectivity index (χ3v) is 4.60. The second-order valence-electron chi connectivity index (χ2n) is 5.97. The van der Waals surface area contributed by atoms with E-state index in [0.29, 0.717) is 16.7 Å². The number of hydrogen-bond acceptors (Lipinski definition) is 4. The van der Waals surface area contributed by atoms with E-state index in [1.165, 1.54) is 19.0 Å². The van der Waals surface area contributed by atoms with Crippen LogP contribution in [0, 0.1) is 12.3 Å². The van der Waals surface area contributed by atoms with Gasteiger partial charge in [-0.15, -0.1) is 0 Å². The van der Waals surface area contributed by atoms with Gasteiger partial charge in [-0.2, -0.15) is 5.10 Å². The molecule has 6 heteroatoms. The fourth-order valence-corrected chi connectivity index (χ4v) is 2.87. The van der Waals surface area contributed by atoms with Crippen molar-refractivity contribution in [1.29, 1.82) is 0 Å². The number of pyridine rings is 1. The predicted octanol–water partition coefficient (Wildman–Crippen LogP) is 2.58. The Labute approximate surface area is 123 Å². The average Bonchev–Trinajstić information content (AvgIpc) is 3.18. The quantitative estimate of drug-likeness (QED) is 0.884. The highest BCUT2D eigenvalue weighted by molar-refractivity contribution is 6.04. The number of aromatic nitrogens is 3. The minimum absolute atomic E-state index is 0.213. The zero-order valence-electron chi connectivity index (χ0n) is 12.6. The molecule has 0 saturated heterocycles. The Bertz CT molecular complexity index is 716. The summed E-state index contributed by atoms with van der Waals surface area (Å²) in [7, 11) is 1.82. The molecule has 2 N–H and O–H groups in total. The average molecular weight is 288 g/mol. The molecule has 2 aromatic heterocycles. The topological polar surface area (TPSA) is 80.0 Å². The normalized spacial score (nSPS) is 16.1. The molecule has 0 spiro atoms. The molecule has 1 aliphatic carbocycles. The molecule has 0 bridgehead atoms. The minimum atomic E-state index is -0.962. The van der Waals surface area contributed by atoms with Gasteiger partial charge in [0, 0.05) is 19.8 Å². The molecule has 0 radical (unpaired) electrons. The summed E-state index contributed by atoms with van der Waals surface area (Å²) in [6.07, 6.45) is 4.95. The first-order valence-corrected chi connectivity index (χ1v) is 7.27. The molecular formula is C15H20N4O2. The predicted molar refractivity (Wildman–Crippen MR) is 80.7 cm³/mol. The molecule has 1 fully saturated rings. The van der Waals surface area contributed by atoms with Gasteiger partial charge in [0.15, 0.2) is 5.65 Å². The Morgan fingerprint density at radius 3 is 2.81 bits per heavy atom. The molecule has 0 aromatic carbocycles. The van der Waals surface area contributed by atoms with Crippen LogP contribution in [0.25, 0.3) is 11.0 Å². The third-order valence-electron chi connectivity index (χ3n) is 4.60. The van der Waals surface area contributed by atoms with Crippen LogP contribution < -0.4 is 5.32 Å². The lowest BCUT2D eigenvalue weighted by Crippen LogP contribution is -2.17. The molecule has 2 heterocycles. The van der Waals surface area contributed by atoms with Crippen molar-refractivity contribution in [2.45, 2.75) is 33.1 Å². The second kappa shape index (κ2) is 4.72. The maximum absolute atomic E-state index is 11.5. The first-order chi connectivity index (χ1) is 9.97. The van der Waals surface area contributed by atoms with Crippen LogP contribution in [0.1, 0.15) is 42.2 Å². The third kappa shape index (κ3) is 2.24. The van der Waals surface area contributed by atoms with Crippen molar-refractivity contribution >= 4 is 22.7 Å². The molecular weight excluding hydrogens is 268 g/mol. The van der Waals surface area contributed by atoms with E-state index >= 15 is 0 Å². The van der Waals surface area contributed by atoms with Gasteiger partial charge in [0.25, 0.3) is 0 Å². The van der Waals surface area contributed by atoms with Crippen LogP contribution >= 0.6 is 0 Å². The summed E-state index contributed by atoms with van der Waals surface area (Å²) >= 11 is 0. The Balaban J connectivity index is 2.08. The van der Waals surface area contributed by atoms with Crippen molar-refractivity contribution in [3.05, 3.63) is 17.5 Å². The number of carbonyl (C=O) groups is 1. The summed E-state index contributed by atoms with van der Waals surface area (Å²) in [5.41, 5.74) is 2.71. The van der Waals surface area contributed by atoms with Gasteiger partial charge in [-0.05, 0) is 31.6 Å². The maximum Gasteiger partial charge on any atom is 0.339 e. The summed E-state index contributed by atoms with van der Waals surface area (Å²) < 4.78 is 1.69. The fourth-order valence-electron chi connectivity index (χ4n) is 2.87. The second-order valence-corrected chi connectivity index (χ2v) is 5.97. The van der Waals surface area contributed by atoms with Gasteiger partial charge in [-0.25, -0.2) is 9.78 Å². The standard InChI is InChI=1S/C15H20N4O2/c1-4-15(5-6-15)8-17-12-10(14(20)21)7-16-13-11(12)9(2)18-19(13)3/h7H,4-6,8H2,1-3H3,(H,16,17)(H,20,21). The SMILES string of the molecule is CCC1(CNc2c(C(=O)O)cnc3c2c(C)nn3C)CC1. The van der Waals surface area contributed by atoms with E-state index in [1.54, 1.807) is 4.68 Å². The van der Waals surface area contributed by atoms with E-state index in [2.05, 4.69) is 22.3 Å². The van der Waals surface area contributed by atoms with Gasteiger partial charge in [-0.1, -0.05) is 6.92 Å². The van der Waals surface area contributed by atoms with Gasteiger partial charge in [0.05, 0.1) is 16.8 Å². The largest absolute Gasteiger partial charge is 0.478 e.